The normalized spacial score (nSPS) is 13.0. The van der Waals surface area contributed by atoms with Crippen molar-refractivity contribution in [2.24, 2.45) is 0 Å². The minimum Gasteiger partial charge on any atom is -0.292 e. The van der Waals surface area contributed by atoms with Gasteiger partial charge in [0.15, 0.2) is 0 Å². The molecular formula is C58H36N4. The average molecular weight is 789 g/mol. The molecule has 0 saturated heterocycles. The first-order valence-electron chi connectivity index (χ1n) is 21.2. The van der Waals surface area contributed by atoms with Crippen molar-refractivity contribution in [3.05, 3.63) is 241 Å². The molecule has 0 atom stereocenters. The van der Waals surface area contributed by atoms with E-state index < -0.39 is 5.41 Å². The first kappa shape index (κ1) is 34.6. The summed E-state index contributed by atoms with van der Waals surface area (Å²) in [6, 6.07) is 78.5. The minimum absolute atomic E-state index is 0.540. The highest BCUT2D eigenvalue weighted by Crippen LogP contribution is 2.63. The van der Waals surface area contributed by atoms with Gasteiger partial charge in [-0.1, -0.05) is 170 Å². The number of fused-ring (bicyclic) bond motifs is 12. The van der Waals surface area contributed by atoms with E-state index in [2.05, 4.69) is 205 Å². The highest BCUT2D eigenvalue weighted by atomic mass is 15.1. The maximum atomic E-state index is 5.35. The lowest BCUT2D eigenvalue weighted by atomic mass is 9.70. The van der Waals surface area contributed by atoms with E-state index in [0.29, 0.717) is 0 Å². The Labute approximate surface area is 359 Å². The van der Waals surface area contributed by atoms with E-state index in [4.69, 9.17) is 15.0 Å². The van der Waals surface area contributed by atoms with Crippen molar-refractivity contribution in [3.8, 4) is 73.0 Å². The topological polar surface area (TPSA) is 43.6 Å². The van der Waals surface area contributed by atoms with Crippen LogP contribution in [-0.4, -0.2) is 19.5 Å². The van der Waals surface area contributed by atoms with Gasteiger partial charge in [0.2, 0.25) is 0 Å². The van der Waals surface area contributed by atoms with Gasteiger partial charge >= 0.3 is 0 Å². The summed E-state index contributed by atoms with van der Waals surface area (Å²) < 4.78 is 2.26. The number of hydrogen-bond donors (Lipinski definition) is 0. The van der Waals surface area contributed by atoms with Crippen LogP contribution < -0.4 is 0 Å². The molecule has 2 aliphatic rings. The third-order valence-corrected chi connectivity index (χ3v) is 13.0. The molecule has 13 rings (SSSR count). The van der Waals surface area contributed by atoms with Crippen LogP contribution in [0.5, 0.6) is 0 Å². The summed E-state index contributed by atoms with van der Waals surface area (Å²) in [5.41, 5.74) is 21.8. The van der Waals surface area contributed by atoms with Crippen LogP contribution in [0.4, 0.5) is 0 Å². The molecule has 0 unspecified atom stereocenters. The van der Waals surface area contributed by atoms with Crippen molar-refractivity contribution < 1.29 is 0 Å². The summed E-state index contributed by atoms with van der Waals surface area (Å²) in [5, 5.41) is 0. The number of hydrogen-bond acceptors (Lipinski definition) is 3. The summed E-state index contributed by atoms with van der Waals surface area (Å²) in [4.78, 5) is 15.7. The molecule has 288 valence electrons. The molecular weight excluding hydrogens is 753 g/mol. The number of benzene rings is 9. The lowest BCUT2D eigenvalue weighted by Gasteiger charge is -2.31. The third kappa shape index (κ3) is 4.98. The van der Waals surface area contributed by atoms with Gasteiger partial charge in [0.05, 0.1) is 38.9 Å². The van der Waals surface area contributed by atoms with E-state index in [9.17, 15) is 0 Å². The average Bonchev–Trinajstić information content (AvgIpc) is 3.98. The van der Waals surface area contributed by atoms with Gasteiger partial charge in [0.1, 0.15) is 5.82 Å². The van der Waals surface area contributed by atoms with Crippen LogP contribution in [0.25, 0.3) is 95.0 Å². The van der Waals surface area contributed by atoms with Crippen molar-refractivity contribution in [2.45, 2.75) is 5.41 Å². The summed E-state index contributed by atoms with van der Waals surface area (Å²) in [6.45, 7) is 0. The molecule has 2 heterocycles. The molecule has 0 radical (unpaired) electrons. The Morgan fingerprint density at radius 1 is 0.306 bits per heavy atom. The van der Waals surface area contributed by atoms with Gasteiger partial charge in [0.25, 0.3) is 0 Å². The van der Waals surface area contributed by atoms with Crippen molar-refractivity contribution in [1.82, 2.24) is 19.5 Å². The van der Waals surface area contributed by atoms with Gasteiger partial charge in [-0.2, -0.15) is 0 Å². The second-order valence-electron chi connectivity index (χ2n) is 16.3. The van der Waals surface area contributed by atoms with Gasteiger partial charge in [-0.05, 0) is 104 Å². The molecule has 4 heteroatoms. The summed E-state index contributed by atoms with van der Waals surface area (Å²) >= 11 is 0. The fourth-order valence-corrected chi connectivity index (χ4v) is 10.3. The predicted molar refractivity (Wildman–Crippen MR) is 252 cm³/mol. The van der Waals surface area contributed by atoms with Crippen LogP contribution in [0.1, 0.15) is 22.3 Å². The zero-order chi connectivity index (χ0) is 40.8. The Morgan fingerprint density at radius 3 is 1.44 bits per heavy atom. The van der Waals surface area contributed by atoms with Crippen LogP contribution in [0.3, 0.4) is 0 Å². The molecule has 2 aliphatic carbocycles. The smallest absolute Gasteiger partial charge is 0.145 e. The monoisotopic (exact) mass is 788 g/mol. The lowest BCUT2D eigenvalue weighted by molar-refractivity contribution is 0.794. The zero-order valence-electron chi connectivity index (χ0n) is 33.6. The first-order valence-corrected chi connectivity index (χ1v) is 21.2. The predicted octanol–water partition coefficient (Wildman–Crippen LogP) is 14.0. The number of para-hydroxylation sites is 5. The molecule has 0 amide bonds. The van der Waals surface area contributed by atoms with Gasteiger partial charge in [0, 0.05) is 22.4 Å². The van der Waals surface area contributed by atoms with Crippen molar-refractivity contribution in [3.63, 3.8) is 0 Å². The van der Waals surface area contributed by atoms with Gasteiger partial charge < -0.3 is 0 Å². The molecule has 0 aliphatic heterocycles. The van der Waals surface area contributed by atoms with E-state index >= 15 is 0 Å². The quantitative estimate of drug-likeness (QED) is 0.174. The summed E-state index contributed by atoms with van der Waals surface area (Å²) in [5.74, 6) is 0.925. The first-order chi connectivity index (χ1) is 30.7. The van der Waals surface area contributed by atoms with Crippen molar-refractivity contribution in [1.29, 1.82) is 0 Å². The van der Waals surface area contributed by atoms with Gasteiger partial charge in [-0.3, -0.25) is 4.57 Å². The molecule has 11 aromatic rings. The third-order valence-electron chi connectivity index (χ3n) is 13.0. The standard InChI is InChI=1S/C58H36N4/c1-3-15-38(16-4-1)55-56(60-52-24-12-11-23-51(52)59-55)41-32-34-46-45-33-31-40(35-49(45)58(50(46)36-41)47-21-9-7-19-43(47)44-20-8-10-22-48(44)58)37-27-29-39(30-28-37)57-61-53-25-13-14-26-54(53)62(57)42-17-5-2-6-18-42/h1-36H. The van der Waals surface area contributed by atoms with Gasteiger partial charge in [-0.25, -0.2) is 15.0 Å². The lowest BCUT2D eigenvalue weighted by Crippen LogP contribution is -2.26. The number of rotatable bonds is 5. The maximum Gasteiger partial charge on any atom is 0.145 e. The van der Waals surface area contributed by atoms with E-state index in [1.807, 2.05) is 18.2 Å². The van der Waals surface area contributed by atoms with E-state index in [0.717, 1.165) is 67.2 Å². The zero-order valence-corrected chi connectivity index (χ0v) is 33.6. The second kappa shape index (κ2) is 13.4. The van der Waals surface area contributed by atoms with E-state index in [1.54, 1.807) is 0 Å². The highest BCUT2D eigenvalue weighted by Gasteiger charge is 2.51. The van der Waals surface area contributed by atoms with E-state index in [-0.39, 0.29) is 0 Å². The van der Waals surface area contributed by atoms with E-state index in [1.165, 1.54) is 50.1 Å². The Balaban J connectivity index is 0.998. The Morgan fingerprint density at radius 2 is 0.774 bits per heavy atom. The SMILES string of the molecule is c1ccc(-c2nc3ccccc3nc2-c2ccc3c(c2)C2(c4ccccc4-c4ccccc42)c2cc(-c4ccc(-c5nc6ccccc6n5-c5ccccc5)cc4)ccc2-3)cc1. The fraction of sp³-hybridized carbons (Fsp3) is 0.0172. The molecule has 2 aromatic heterocycles. The van der Waals surface area contributed by atoms with Crippen LogP contribution >= 0.6 is 0 Å². The molecule has 0 fully saturated rings. The summed E-state index contributed by atoms with van der Waals surface area (Å²) in [7, 11) is 0. The van der Waals surface area contributed by atoms with Crippen LogP contribution in [0, 0.1) is 0 Å². The molecule has 4 nitrogen and oxygen atoms in total. The van der Waals surface area contributed by atoms with Crippen molar-refractivity contribution >= 4 is 22.1 Å². The summed E-state index contributed by atoms with van der Waals surface area (Å²) in [6.07, 6.45) is 0. The van der Waals surface area contributed by atoms with Crippen LogP contribution in [0.2, 0.25) is 0 Å². The number of imidazole rings is 1. The number of aromatic nitrogens is 4. The van der Waals surface area contributed by atoms with Crippen molar-refractivity contribution in [2.75, 3.05) is 0 Å². The fourth-order valence-electron chi connectivity index (χ4n) is 10.3. The Hall–Kier alpha value is -8.21. The van der Waals surface area contributed by atoms with Gasteiger partial charge in [-0.15, -0.1) is 0 Å². The minimum atomic E-state index is -0.540. The van der Waals surface area contributed by atoms with Crippen LogP contribution in [0.15, 0.2) is 218 Å². The molecule has 0 saturated carbocycles. The highest BCUT2D eigenvalue weighted by molar-refractivity contribution is 5.98. The number of nitrogens with zero attached hydrogens (tertiary/aromatic N) is 4. The Bertz CT molecular complexity index is 3520. The second-order valence-corrected chi connectivity index (χ2v) is 16.3. The molecule has 62 heavy (non-hydrogen) atoms. The molecule has 0 bridgehead atoms. The molecule has 0 N–H and O–H groups in total. The van der Waals surface area contributed by atoms with Crippen LogP contribution in [-0.2, 0) is 5.41 Å². The Kier molecular flexibility index (Phi) is 7.49. The molecule has 1 spiro atoms. The molecule has 9 aromatic carbocycles. The maximum absolute atomic E-state index is 5.35. The largest absolute Gasteiger partial charge is 0.292 e.